The number of nitrogens with zero attached hydrogens (tertiary/aromatic N) is 2. The van der Waals surface area contributed by atoms with E-state index in [2.05, 4.69) is 0 Å². The fourth-order valence-electron chi connectivity index (χ4n) is 3.86. The van der Waals surface area contributed by atoms with Gasteiger partial charge < -0.3 is 9.47 Å². The standard InChI is InChI=1S/C16H14N2O6/c1-16-6-5-11(24-16)12-13(16)15(20)17(14(12)19)9-4-3-8(23-2)7-10(9)18(21)22/h3-7,11-13H,1-2H3/t11-,12+,13-,16-/m1/s1. The summed E-state index contributed by atoms with van der Waals surface area (Å²) >= 11 is 0. The number of hydrogen-bond donors (Lipinski definition) is 0. The minimum absolute atomic E-state index is 0.0341. The van der Waals surface area contributed by atoms with Gasteiger partial charge in [-0.2, -0.15) is 0 Å². The molecule has 8 nitrogen and oxygen atoms in total. The van der Waals surface area contributed by atoms with Gasteiger partial charge in [-0.1, -0.05) is 12.2 Å². The quantitative estimate of drug-likeness (QED) is 0.360. The Hall–Kier alpha value is -2.74. The topological polar surface area (TPSA) is 99.0 Å². The first-order chi connectivity index (χ1) is 11.4. The summed E-state index contributed by atoms with van der Waals surface area (Å²) in [6.45, 7) is 1.76. The second kappa shape index (κ2) is 4.64. The van der Waals surface area contributed by atoms with E-state index in [0.717, 1.165) is 4.90 Å². The van der Waals surface area contributed by atoms with E-state index in [0.29, 0.717) is 0 Å². The first-order valence-corrected chi connectivity index (χ1v) is 7.45. The number of hydrogen-bond acceptors (Lipinski definition) is 6. The monoisotopic (exact) mass is 330 g/mol. The van der Waals surface area contributed by atoms with Crippen LogP contribution in [0.25, 0.3) is 0 Å². The van der Waals surface area contributed by atoms with Crippen LogP contribution < -0.4 is 9.64 Å². The third kappa shape index (κ3) is 1.71. The van der Waals surface area contributed by atoms with Crippen molar-refractivity contribution in [2.45, 2.75) is 18.6 Å². The molecule has 0 radical (unpaired) electrons. The largest absolute Gasteiger partial charge is 0.496 e. The minimum atomic E-state index is -0.835. The molecule has 24 heavy (non-hydrogen) atoms. The number of benzene rings is 1. The Kier molecular flexibility index (Phi) is 2.86. The number of nitro benzene ring substituents is 1. The van der Waals surface area contributed by atoms with E-state index >= 15 is 0 Å². The smallest absolute Gasteiger partial charge is 0.297 e. The van der Waals surface area contributed by atoms with Gasteiger partial charge in [0.05, 0.1) is 41.6 Å². The highest BCUT2D eigenvalue weighted by Gasteiger charge is 2.66. The van der Waals surface area contributed by atoms with E-state index in [9.17, 15) is 19.7 Å². The highest BCUT2D eigenvalue weighted by atomic mass is 16.6. The first-order valence-electron chi connectivity index (χ1n) is 7.45. The lowest BCUT2D eigenvalue weighted by Crippen LogP contribution is -2.38. The zero-order valence-electron chi connectivity index (χ0n) is 13.0. The summed E-state index contributed by atoms with van der Waals surface area (Å²) < 4.78 is 10.7. The third-order valence-electron chi connectivity index (χ3n) is 4.95. The lowest BCUT2D eigenvalue weighted by atomic mass is 9.78. The van der Waals surface area contributed by atoms with Gasteiger partial charge in [0.15, 0.2) is 0 Å². The van der Waals surface area contributed by atoms with Crippen LogP contribution in [-0.2, 0) is 14.3 Å². The summed E-state index contributed by atoms with van der Waals surface area (Å²) in [5, 5.41) is 11.4. The van der Waals surface area contributed by atoms with Gasteiger partial charge in [-0.3, -0.25) is 19.7 Å². The molecule has 0 N–H and O–H groups in total. The maximum absolute atomic E-state index is 12.9. The van der Waals surface area contributed by atoms with Crippen molar-refractivity contribution < 1.29 is 24.0 Å². The van der Waals surface area contributed by atoms with Gasteiger partial charge in [-0.05, 0) is 19.1 Å². The second-order valence-corrected chi connectivity index (χ2v) is 6.25. The molecular formula is C16H14N2O6. The molecule has 124 valence electrons. The molecule has 2 amide bonds. The molecule has 2 fully saturated rings. The normalized spacial score (nSPS) is 33.2. The molecule has 0 unspecified atom stereocenters. The van der Waals surface area contributed by atoms with Crippen molar-refractivity contribution in [1.82, 2.24) is 0 Å². The zero-order valence-corrected chi connectivity index (χ0v) is 13.0. The summed E-state index contributed by atoms with van der Waals surface area (Å²) in [4.78, 5) is 37.3. The Labute approximate surface area is 136 Å². The van der Waals surface area contributed by atoms with Crippen molar-refractivity contribution in [2.75, 3.05) is 12.0 Å². The molecule has 1 aromatic carbocycles. The van der Waals surface area contributed by atoms with Gasteiger partial charge in [0.2, 0.25) is 11.8 Å². The number of amides is 2. The average molecular weight is 330 g/mol. The molecular weight excluding hydrogens is 316 g/mol. The van der Waals surface area contributed by atoms with Crippen LogP contribution >= 0.6 is 0 Å². The van der Waals surface area contributed by atoms with Gasteiger partial charge in [-0.25, -0.2) is 4.90 Å². The predicted octanol–water partition coefficient (Wildman–Crippen LogP) is 1.44. The van der Waals surface area contributed by atoms with Crippen LogP contribution in [0.5, 0.6) is 5.75 Å². The summed E-state index contributed by atoms with van der Waals surface area (Å²) in [5.41, 5.74) is -1.21. The summed E-state index contributed by atoms with van der Waals surface area (Å²) in [6.07, 6.45) is 3.10. The highest BCUT2D eigenvalue weighted by Crippen LogP contribution is 2.53. The molecule has 3 aliphatic rings. The Morgan fingerprint density at radius 3 is 2.71 bits per heavy atom. The van der Waals surface area contributed by atoms with Crippen molar-refractivity contribution >= 4 is 23.2 Å². The number of carbonyl (C=O) groups excluding carboxylic acids is 2. The van der Waals surface area contributed by atoms with Crippen molar-refractivity contribution in [3.05, 3.63) is 40.5 Å². The number of fused-ring (bicyclic) bond motifs is 5. The lowest BCUT2D eigenvalue weighted by Gasteiger charge is -2.24. The maximum atomic E-state index is 12.9. The predicted molar refractivity (Wildman–Crippen MR) is 81.5 cm³/mol. The maximum Gasteiger partial charge on any atom is 0.297 e. The number of carbonyl (C=O) groups is 2. The van der Waals surface area contributed by atoms with Crippen molar-refractivity contribution in [2.24, 2.45) is 11.8 Å². The Balaban J connectivity index is 1.81. The third-order valence-corrected chi connectivity index (χ3v) is 4.95. The van der Waals surface area contributed by atoms with Crippen LogP contribution in [0.15, 0.2) is 30.4 Å². The number of methoxy groups -OCH3 is 1. The molecule has 1 aromatic rings. The number of rotatable bonds is 3. The lowest BCUT2D eigenvalue weighted by molar-refractivity contribution is -0.384. The number of ether oxygens (including phenoxy) is 2. The molecule has 3 heterocycles. The molecule has 2 saturated heterocycles. The molecule has 0 saturated carbocycles. The van der Waals surface area contributed by atoms with Crippen LogP contribution in [0, 0.1) is 22.0 Å². The van der Waals surface area contributed by atoms with Crippen molar-refractivity contribution in [3.8, 4) is 5.75 Å². The van der Waals surface area contributed by atoms with Crippen LogP contribution in [0.1, 0.15) is 6.92 Å². The van der Waals surface area contributed by atoms with Crippen molar-refractivity contribution in [1.29, 1.82) is 0 Å². The van der Waals surface area contributed by atoms with Gasteiger partial charge in [0.25, 0.3) is 5.69 Å². The van der Waals surface area contributed by atoms with Crippen molar-refractivity contribution in [3.63, 3.8) is 0 Å². The molecule has 4 rings (SSSR count). The molecule has 0 aromatic heterocycles. The van der Waals surface area contributed by atoms with Crippen LogP contribution in [0.2, 0.25) is 0 Å². The van der Waals surface area contributed by atoms with Gasteiger partial charge in [-0.15, -0.1) is 0 Å². The Morgan fingerprint density at radius 1 is 1.33 bits per heavy atom. The highest BCUT2D eigenvalue weighted by molar-refractivity contribution is 6.24. The number of imide groups is 1. The molecule has 0 spiro atoms. The minimum Gasteiger partial charge on any atom is -0.496 e. The van der Waals surface area contributed by atoms with Crippen LogP contribution in [0.3, 0.4) is 0 Å². The fraction of sp³-hybridized carbons (Fsp3) is 0.375. The number of nitro groups is 1. The summed E-state index contributed by atoms with van der Waals surface area (Å²) in [7, 11) is 1.39. The van der Waals surface area contributed by atoms with E-state index in [4.69, 9.17) is 9.47 Å². The molecule has 2 bridgehead atoms. The van der Waals surface area contributed by atoms with Crippen LogP contribution in [-0.4, -0.2) is 35.6 Å². The van der Waals surface area contributed by atoms with E-state index in [1.807, 2.05) is 0 Å². The first kappa shape index (κ1) is 14.8. The molecule has 3 aliphatic heterocycles. The van der Waals surface area contributed by atoms with Gasteiger partial charge in [0, 0.05) is 0 Å². The molecule has 8 heteroatoms. The Morgan fingerprint density at radius 2 is 2.08 bits per heavy atom. The fourth-order valence-corrected chi connectivity index (χ4v) is 3.86. The average Bonchev–Trinajstić information content (AvgIpc) is 3.16. The zero-order chi connectivity index (χ0) is 17.2. The molecule has 0 aliphatic carbocycles. The van der Waals surface area contributed by atoms with E-state index in [-0.39, 0.29) is 17.1 Å². The van der Waals surface area contributed by atoms with E-state index < -0.39 is 40.3 Å². The number of anilines is 1. The summed E-state index contributed by atoms with van der Waals surface area (Å²) in [6, 6.07) is 4.06. The van der Waals surface area contributed by atoms with E-state index in [1.54, 1.807) is 19.1 Å². The van der Waals surface area contributed by atoms with Gasteiger partial charge in [0.1, 0.15) is 11.4 Å². The van der Waals surface area contributed by atoms with Gasteiger partial charge >= 0.3 is 0 Å². The summed E-state index contributed by atoms with van der Waals surface area (Å²) in [5.74, 6) is -1.93. The van der Waals surface area contributed by atoms with E-state index in [1.165, 1.54) is 25.3 Å². The SMILES string of the molecule is COc1ccc(N2C(=O)[C@H]3[C@H]4C=C[C@@](C)(O4)[C@H]3C2=O)c([N+](=O)[O-])c1. The molecule has 4 atom stereocenters. The van der Waals surface area contributed by atoms with Crippen LogP contribution in [0.4, 0.5) is 11.4 Å². The second-order valence-electron chi connectivity index (χ2n) is 6.25. The Bertz CT molecular complexity index is 819.